The highest BCUT2D eigenvalue weighted by atomic mass is 79.9. The second-order valence-corrected chi connectivity index (χ2v) is 5.31. The monoisotopic (exact) mass is 324 g/mol. The van der Waals surface area contributed by atoms with Crippen LogP contribution < -0.4 is 0 Å². The van der Waals surface area contributed by atoms with E-state index >= 15 is 0 Å². The van der Waals surface area contributed by atoms with Crippen LogP contribution in [0.3, 0.4) is 0 Å². The first-order chi connectivity index (χ1) is 9.04. The minimum absolute atomic E-state index is 0.161. The largest absolute Gasteiger partial charge is 0.294 e. The molecule has 0 N–H and O–H groups in total. The maximum absolute atomic E-state index is 12.2. The van der Waals surface area contributed by atoms with Crippen LogP contribution in [0.2, 0.25) is 0 Å². The van der Waals surface area contributed by atoms with Crippen molar-refractivity contribution < 1.29 is 4.79 Å². The summed E-state index contributed by atoms with van der Waals surface area (Å²) in [6.07, 6.45) is 6.91. The van der Waals surface area contributed by atoms with E-state index in [1.807, 2.05) is 20.0 Å². The lowest BCUT2D eigenvalue weighted by molar-refractivity contribution is 0.0980. The van der Waals surface area contributed by atoms with Gasteiger partial charge in [-0.2, -0.15) is 5.10 Å². The van der Waals surface area contributed by atoms with Crippen molar-refractivity contribution in [2.45, 2.75) is 46.5 Å². The molecule has 3 nitrogen and oxygen atoms in total. The van der Waals surface area contributed by atoms with Crippen LogP contribution in [-0.2, 0) is 6.42 Å². The van der Waals surface area contributed by atoms with E-state index in [0.717, 1.165) is 36.1 Å². The Morgan fingerprint density at radius 3 is 2.63 bits per heavy atom. The molecule has 0 unspecified atom stereocenters. The number of halogens is 1. The first-order valence-electron chi connectivity index (χ1n) is 6.66. The molecule has 0 aliphatic heterocycles. The quantitative estimate of drug-likeness (QED) is 0.541. The molecule has 104 valence electrons. The number of carbonyl (C=O) groups excluding carboxylic acids is 1. The van der Waals surface area contributed by atoms with Gasteiger partial charge in [0.2, 0.25) is 0 Å². The molecule has 0 spiro atoms. The Bertz CT molecular complexity index is 500. The molecule has 1 heterocycles. The number of Topliss-reactive ketones (excluding diaryl/α,β-unsaturated/α-hetero) is 1. The van der Waals surface area contributed by atoms with Gasteiger partial charge >= 0.3 is 0 Å². The topological polar surface area (TPSA) is 34.9 Å². The Hall–Kier alpha value is -1.16. The molecule has 0 fully saturated rings. The average molecular weight is 325 g/mol. The summed E-state index contributed by atoms with van der Waals surface area (Å²) >= 11 is 3.41. The summed E-state index contributed by atoms with van der Waals surface area (Å²) < 4.78 is 2.44. The predicted octanol–water partition coefficient (Wildman–Crippen LogP) is 4.63. The molecule has 0 saturated carbocycles. The van der Waals surface area contributed by atoms with Crippen molar-refractivity contribution in [3.05, 3.63) is 34.1 Å². The fourth-order valence-electron chi connectivity index (χ4n) is 1.90. The molecule has 0 amide bonds. The third-order valence-corrected chi connectivity index (χ3v) is 3.41. The van der Waals surface area contributed by atoms with Gasteiger partial charge in [0.05, 0.1) is 11.3 Å². The van der Waals surface area contributed by atoms with Crippen molar-refractivity contribution >= 4 is 27.9 Å². The Morgan fingerprint density at radius 2 is 2.11 bits per heavy atom. The molecule has 0 aliphatic rings. The summed E-state index contributed by atoms with van der Waals surface area (Å²) in [5.74, 6) is 0.161. The van der Waals surface area contributed by atoms with Gasteiger partial charge in [0.15, 0.2) is 5.78 Å². The van der Waals surface area contributed by atoms with Gasteiger partial charge in [-0.1, -0.05) is 32.9 Å². The van der Waals surface area contributed by atoms with Gasteiger partial charge in [0, 0.05) is 12.6 Å². The van der Waals surface area contributed by atoms with Gasteiger partial charge in [-0.25, -0.2) is 4.68 Å². The van der Waals surface area contributed by atoms with Gasteiger partial charge in [-0.05, 0) is 41.3 Å². The lowest BCUT2D eigenvalue weighted by Crippen LogP contribution is -2.05. The normalized spacial score (nSPS) is 11.7. The van der Waals surface area contributed by atoms with Crippen LogP contribution in [0, 0.1) is 0 Å². The Balaban J connectivity index is 3.30. The van der Waals surface area contributed by atoms with Crippen molar-refractivity contribution in [2.24, 2.45) is 0 Å². The molecule has 1 rings (SSSR count). The first kappa shape index (κ1) is 15.9. The van der Waals surface area contributed by atoms with Crippen LogP contribution in [0.25, 0.3) is 6.20 Å². The first-order valence-corrected chi connectivity index (χ1v) is 7.45. The van der Waals surface area contributed by atoms with E-state index in [-0.39, 0.29) is 5.78 Å². The third kappa shape index (κ3) is 3.90. The maximum atomic E-state index is 12.2. The van der Waals surface area contributed by atoms with Gasteiger partial charge in [0.1, 0.15) is 4.60 Å². The van der Waals surface area contributed by atoms with E-state index in [9.17, 15) is 4.79 Å². The number of allylic oxidation sites excluding steroid dienone is 2. The van der Waals surface area contributed by atoms with Crippen molar-refractivity contribution in [3.8, 4) is 0 Å². The molecule has 1 aromatic heterocycles. The van der Waals surface area contributed by atoms with E-state index in [0.29, 0.717) is 11.0 Å². The predicted molar refractivity (Wildman–Crippen MR) is 83.3 cm³/mol. The molecular formula is C15H21BrN2O. The molecule has 0 atom stereocenters. The fraction of sp³-hybridized carbons (Fsp3) is 0.467. The smallest absolute Gasteiger partial charge is 0.167 e. The summed E-state index contributed by atoms with van der Waals surface area (Å²) in [6, 6.07) is 0. The average Bonchev–Trinajstić information content (AvgIpc) is 2.66. The third-order valence-electron chi connectivity index (χ3n) is 2.86. The van der Waals surface area contributed by atoms with Crippen LogP contribution in [-0.4, -0.2) is 15.6 Å². The lowest BCUT2D eigenvalue weighted by Gasteiger charge is -2.05. The molecule has 0 aromatic carbocycles. The number of hydrogen-bond acceptors (Lipinski definition) is 2. The summed E-state index contributed by atoms with van der Waals surface area (Å²) in [5.41, 5.74) is 2.73. The van der Waals surface area contributed by atoms with E-state index in [2.05, 4.69) is 34.5 Å². The summed E-state index contributed by atoms with van der Waals surface area (Å²) in [4.78, 5) is 12.2. The molecule has 0 saturated heterocycles. The van der Waals surface area contributed by atoms with Crippen molar-refractivity contribution in [2.75, 3.05) is 0 Å². The number of ketones is 1. The second-order valence-electron chi connectivity index (χ2n) is 4.56. The second kappa shape index (κ2) is 7.43. The minimum atomic E-state index is 0.161. The summed E-state index contributed by atoms with van der Waals surface area (Å²) in [6.45, 7) is 9.81. The molecular weight excluding hydrogens is 304 g/mol. The van der Waals surface area contributed by atoms with Crippen LogP contribution in [0.15, 0.2) is 22.8 Å². The SMILES string of the molecule is C=C/C(C)=C\n1nc(Br)c(C(=O)CCC)c1CCC. The lowest BCUT2D eigenvalue weighted by atomic mass is 10.1. The summed E-state index contributed by atoms with van der Waals surface area (Å²) in [5, 5.41) is 4.41. The van der Waals surface area contributed by atoms with E-state index in [1.54, 1.807) is 10.8 Å². The van der Waals surface area contributed by atoms with Gasteiger partial charge in [-0.3, -0.25) is 4.79 Å². The zero-order valence-electron chi connectivity index (χ0n) is 11.9. The van der Waals surface area contributed by atoms with Gasteiger partial charge in [0.25, 0.3) is 0 Å². The number of nitrogens with zero attached hydrogens (tertiary/aromatic N) is 2. The number of aromatic nitrogens is 2. The summed E-state index contributed by atoms with van der Waals surface area (Å²) in [7, 11) is 0. The van der Waals surface area contributed by atoms with Crippen LogP contribution in [0.4, 0.5) is 0 Å². The Labute approximate surface area is 123 Å². The van der Waals surface area contributed by atoms with E-state index in [1.165, 1.54) is 0 Å². The molecule has 0 aliphatic carbocycles. The highest BCUT2D eigenvalue weighted by Gasteiger charge is 2.20. The van der Waals surface area contributed by atoms with Gasteiger partial charge in [-0.15, -0.1) is 0 Å². The van der Waals surface area contributed by atoms with E-state index in [4.69, 9.17) is 0 Å². The standard InChI is InChI=1S/C15H21BrN2O/c1-5-8-12-14(13(19)9-6-2)15(16)17-18(12)10-11(4)7-3/h7,10H,3,5-6,8-9H2,1-2,4H3/b11-10-. The Kier molecular flexibility index (Phi) is 6.22. The zero-order chi connectivity index (χ0) is 14.4. The van der Waals surface area contributed by atoms with Crippen molar-refractivity contribution in [1.82, 2.24) is 9.78 Å². The number of rotatable bonds is 7. The number of hydrogen-bond donors (Lipinski definition) is 0. The van der Waals surface area contributed by atoms with Crippen LogP contribution >= 0.6 is 15.9 Å². The Morgan fingerprint density at radius 1 is 1.42 bits per heavy atom. The molecule has 4 heteroatoms. The number of carbonyl (C=O) groups is 1. The highest BCUT2D eigenvalue weighted by molar-refractivity contribution is 9.10. The molecule has 1 aromatic rings. The molecule has 19 heavy (non-hydrogen) atoms. The van der Waals surface area contributed by atoms with Crippen molar-refractivity contribution in [3.63, 3.8) is 0 Å². The highest BCUT2D eigenvalue weighted by Crippen LogP contribution is 2.24. The molecule has 0 bridgehead atoms. The van der Waals surface area contributed by atoms with Gasteiger partial charge < -0.3 is 0 Å². The molecule has 0 radical (unpaired) electrons. The van der Waals surface area contributed by atoms with Crippen LogP contribution in [0.5, 0.6) is 0 Å². The maximum Gasteiger partial charge on any atom is 0.167 e. The fourth-order valence-corrected chi connectivity index (χ4v) is 2.52. The van der Waals surface area contributed by atoms with Crippen molar-refractivity contribution in [1.29, 1.82) is 0 Å². The van der Waals surface area contributed by atoms with Crippen LogP contribution in [0.1, 0.15) is 56.1 Å². The minimum Gasteiger partial charge on any atom is -0.294 e. The van der Waals surface area contributed by atoms with E-state index < -0.39 is 0 Å². The zero-order valence-corrected chi connectivity index (χ0v) is 13.5.